The van der Waals surface area contributed by atoms with Gasteiger partial charge in [0.2, 0.25) is 0 Å². The third kappa shape index (κ3) is 3.32. The fourth-order valence-electron chi connectivity index (χ4n) is 2.61. The van der Waals surface area contributed by atoms with Gasteiger partial charge in [-0.1, -0.05) is 18.7 Å². The SMILES string of the molecule is CCc1nsc(SC2CCCC(NC)(C(=O)OC)C2)n1. The fraction of sp³-hybridized carbons (Fsp3) is 0.769. The summed E-state index contributed by atoms with van der Waals surface area (Å²) in [6.45, 7) is 2.06. The van der Waals surface area contributed by atoms with Crippen molar-refractivity contribution in [2.75, 3.05) is 14.2 Å². The monoisotopic (exact) mass is 315 g/mol. The number of carbonyl (C=O) groups excluding carboxylic acids is 1. The van der Waals surface area contributed by atoms with Gasteiger partial charge in [-0.3, -0.25) is 4.79 Å². The zero-order valence-electron chi connectivity index (χ0n) is 12.1. The summed E-state index contributed by atoms with van der Waals surface area (Å²) in [5.41, 5.74) is -0.539. The van der Waals surface area contributed by atoms with E-state index in [4.69, 9.17) is 4.74 Å². The highest BCUT2D eigenvalue weighted by atomic mass is 32.2. The molecule has 20 heavy (non-hydrogen) atoms. The molecule has 1 heterocycles. The van der Waals surface area contributed by atoms with E-state index >= 15 is 0 Å². The number of aromatic nitrogens is 2. The van der Waals surface area contributed by atoms with Gasteiger partial charge in [0.15, 0.2) is 4.34 Å². The first kappa shape index (κ1) is 15.7. The van der Waals surface area contributed by atoms with Crippen molar-refractivity contribution < 1.29 is 9.53 Å². The first-order valence-corrected chi connectivity index (χ1v) is 8.55. The minimum Gasteiger partial charge on any atom is -0.468 e. The number of nitrogens with zero attached hydrogens (tertiary/aromatic N) is 2. The van der Waals surface area contributed by atoms with Crippen LogP contribution in [0.25, 0.3) is 0 Å². The number of carbonyl (C=O) groups is 1. The summed E-state index contributed by atoms with van der Waals surface area (Å²) >= 11 is 3.20. The normalized spacial score (nSPS) is 26.4. The average molecular weight is 315 g/mol. The van der Waals surface area contributed by atoms with Crippen LogP contribution in [0.1, 0.15) is 38.4 Å². The lowest BCUT2D eigenvalue weighted by Gasteiger charge is -2.37. The lowest BCUT2D eigenvalue weighted by atomic mass is 9.81. The van der Waals surface area contributed by atoms with E-state index in [9.17, 15) is 4.79 Å². The van der Waals surface area contributed by atoms with Crippen LogP contribution in [-0.2, 0) is 16.0 Å². The molecule has 5 nitrogen and oxygen atoms in total. The first-order chi connectivity index (χ1) is 9.63. The van der Waals surface area contributed by atoms with Crippen molar-refractivity contribution in [1.29, 1.82) is 0 Å². The van der Waals surface area contributed by atoms with E-state index in [1.165, 1.54) is 18.6 Å². The average Bonchev–Trinajstić information content (AvgIpc) is 2.94. The topological polar surface area (TPSA) is 64.1 Å². The predicted octanol–water partition coefficient (Wildman–Crippen LogP) is 2.27. The number of methoxy groups -OCH3 is 1. The van der Waals surface area contributed by atoms with Gasteiger partial charge >= 0.3 is 5.97 Å². The summed E-state index contributed by atoms with van der Waals surface area (Å²) in [7, 11) is 3.29. The van der Waals surface area contributed by atoms with Crippen molar-refractivity contribution in [3.8, 4) is 0 Å². The van der Waals surface area contributed by atoms with E-state index in [1.807, 2.05) is 7.05 Å². The van der Waals surface area contributed by atoms with Crippen LogP contribution in [0, 0.1) is 0 Å². The molecule has 0 aliphatic heterocycles. The number of nitrogens with one attached hydrogen (secondary N) is 1. The van der Waals surface area contributed by atoms with Crippen molar-refractivity contribution >= 4 is 29.3 Å². The Morgan fingerprint density at radius 1 is 1.65 bits per heavy atom. The van der Waals surface area contributed by atoms with Gasteiger partial charge in [-0.25, -0.2) is 4.98 Å². The molecular formula is C13H21N3O2S2. The second-order valence-electron chi connectivity index (χ2n) is 4.99. The fourth-order valence-corrected chi connectivity index (χ4v) is 4.89. The first-order valence-electron chi connectivity index (χ1n) is 6.90. The summed E-state index contributed by atoms with van der Waals surface area (Å²) in [6, 6.07) is 0. The zero-order valence-corrected chi connectivity index (χ0v) is 13.8. The molecule has 0 radical (unpaired) electrons. The van der Waals surface area contributed by atoms with E-state index < -0.39 is 5.54 Å². The summed E-state index contributed by atoms with van der Waals surface area (Å²) in [5.74, 6) is 0.748. The van der Waals surface area contributed by atoms with Crippen LogP contribution in [0.5, 0.6) is 0 Å². The molecule has 1 fully saturated rings. The Bertz CT molecular complexity index is 466. The second kappa shape index (κ2) is 6.87. The van der Waals surface area contributed by atoms with E-state index in [0.29, 0.717) is 5.25 Å². The molecule has 2 unspecified atom stereocenters. The molecule has 0 bridgehead atoms. The Hall–Kier alpha value is -0.660. The zero-order chi connectivity index (χ0) is 14.6. The molecular weight excluding hydrogens is 294 g/mol. The molecule has 1 N–H and O–H groups in total. The Labute approximate surface area is 128 Å². The number of thioether (sulfide) groups is 1. The molecule has 0 amide bonds. The van der Waals surface area contributed by atoms with Gasteiger partial charge in [-0.05, 0) is 44.3 Å². The van der Waals surface area contributed by atoms with Crippen molar-refractivity contribution in [3.05, 3.63) is 5.82 Å². The van der Waals surface area contributed by atoms with E-state index in [1.54, 1.807) is 11.8 Å². The minimum absolute atomic E-state index is 0.156. The number of hydrogen-bond donors (Lipinski definition) is 1. The van der Waals surface area contributed by atoms with Crippen LogP contribution in [0.4, 0.5) is 0 Å². The molecule has 1 saturated carbocycles. The van der Waals surface area contributed by atoms with Gasteiger partial charge < -0.3 is 10.1 Å². The number of hydrogen-bond acceptors (Lipinski definition) is 7. The number of rotatable bonds is 5. The van der Waals surface area contributed by atoms with E-state index in [2.05, 4.69) is 21.6 Å². The molecule has 1 aromatic rings. The number of ether oxygens (including phenoxy) is 1. The van der Waals surface area contributed by atoms with Crippen LogP contribution in [0.3, 0.4) is 0 Å². The molecule has 1 aliphatic rings. The van der Waals surface area contributed by atoms with Gasteiger partial charge in [0.25, 0.3) is 0 Å². The lowest BCUT2D eigenvalue weighted by Crippen LogP contribution is -2.54. The summed E-state index contributed by atoms with van der Waals surface area (Å²) in [5, 5.41) is 3.56. The molecule has 0 aromatic carbocycles. The van der Waals surface area contributed by atoms with E-state index in [-0.39, 0.29) is 5.97 Å². The van der Waals surface area contributed by atoms with Crippen LogP contribution >= 0.6 is 23.3 Å². The van der Waals surface area contributed by atoms with Gasteiger partial charge in [0.05, 0.1) is 7.11 Å². The summed E-state index contributed by atoms with van der Waals surface area (Å²) in [4.78, 5) is 16.5. The smallest absolute Gasteiger partial charge is 0.326 e. The van der Waals surface area contributed by atoms with Gasteiger partial charge in [0.1, 0.15) is 11.4 Å². The van der Waals surface area contributed by atoms with Crippen LogP contribution in [0.2, 0.25) is 0 Å². The number of likely N-dealkylation sites (N-methyl/N-ethyl adjacent to an activating group) is 1. The van der Waals surface area contributed by atoms with Crippen molar-refractivity contribution in [2.24, 2.45) is 0 Å². The van der Waals surface area contributed by atoms with Gasteiger partial charge in [0, 0.05) is 11.7 Å². The summed E-state index contributed by atoms with van der Waals surface area (Å²) in [6.07, 6.45) is 4.61. The molecule has 2 atom stereocenters. The highest BCUT2D eigenvalue weighted by Gasteiger charge is 2.43. The van der Waals surface area contributed by atoms with Crippen LogP contribution in [0.15, 0.2) is 4.34 Å². The Balaban J connectivity index is 2.04. The predicted molar refractivity (Wildman–Crippen MR) is 81.2 cm³/mol. The van der Waals surface area contributed by atoms with Crippen molar-refractivity contribution in [1.82, 2.24) is 14.7 Å². The quantitative estimate of drug-likeness (QED) is 0.841. The Morgan fingerprint density at radius 3 is 3.05 bits per heavy atom. The third-order valence-corrected chi connectivity index (χ3v) is 5.88. The van der Waals surface area contributed by atoms with Crippen molar-refractivity contribution in [2.45, 2.75) is 54.2 Å². The lowest BCUT2D eigenvalue weighted by molar-refractivity contribution is -0.149. The Kier molecular flexibility index (Phi) is 5.40. The molecule has 1 aliphatic carbocycles. The van der Waals surface area contributed by atoms with Crippen molar-refractivity contribution in [3.63, 3.8) is 0 Å². The molecule has 112 valence electrons. The highest BCUT2D eigenvalue weighted by molar-refractivity contribution is 8.01. The van der Waals surface area contributed by atoms with Gasteiger partial charge in [-0.15, -0.1) is 0 Å². The largest absolute Gasteiger partial charge is 0.468 e. The number of aryl methyl sites for hydroxylation is 1. The standard InChI is InChI=1S/C13H21N3O2S2/c1-4-10-15-12(20-16-10)19-9-6-5-7-13(8-9,14-2)11(17)18-3/h9,14H,4-8H2,1-3H3. The molecule has 0 spiro atoms. The highest BCUT2D eigenvalue weighted by Crippen LogP contribution is 2.39. The molecule has 7 heteroatoms. The maximum atomic E-state index is 12.0. The maximum Gasteiger partial charge on any atom is 0.326 e. The second-order valence-corrected chi connectivity index (χ2v) is 7.29. The van der Waals surface area contributed by atoms with Crippen LogP contribution in [-0.4, -0.2) is 40.3 Å². The van der Waals surface area contributed by atoms with E-state index in [0.717, 1.165) is 42.3 Å². The van der Waals surface area contributed by atoms with Crippen LogP contribution < -0.4 is 5.32 Å². The minimum atomic E-state index is -0.539. The van der Waals surface area contributed by atoms with Gasteiger partial charge in [-0.2, -0.15) is 4.37 Å². The maximum absolute atomic E-state index is 12.0. The number of esters is 1. The Morgan fingerprint density at radius 2 is 2.45 bits per heavy atom. The molecule has 2 rings (SSSR count). The molecule has 0 saturated heterocycles. The molecule has 1 aromatic heterocycles. The summed E-state index contributed by atoms with van der Waals surface area (Å²) < 4.78 is 10.3. The third-order valence-electron chi connectivity index (χ3n) is 3.79.